The number of fused-ring (bicyclic) bond motifs is 2. The van der Waals surface area contributed by atoms with Crippen LogP contribution in [0, 0.1) is 0 Å². The molecule has 1 aromatic rings. The van der Waals surface area contributed by atoms with Gasteiger partial charge in [-0.1, -0.05) is 0 Å². The molecule has 8 heteroatoms. The summed E-state index contributed by atoms with van der Waals surface area (Å²) in [6.07, 6.45) is -1.41. The molecule has 2 aliphatic heterocycles. The number of anilines is 1. The lowest BCUT2D eigenvalue weighted by molar-refractivity contribution is -0.129. The van der Waals surface area contributed by atoms with Crippen LogP contribution >= 0.6 is 0 Å². The Labute approximate surface area is 113 Å². The Balaban J connectivity index is 2.02. The summed E-state index contributed by atoms with van der Waals surface area (Å²) in [6.45, 7) is 0.0696. The molecule has 1 fully saturated rings. The highest BCUT2D eigenvalue weighted by molar-refractivity contribution is 5.81. The Kier molecular flexibility index (Phi) is 2.69. The number of halogens is 3. The molecule has 1 aromatic heterocycles. The second-order valence-corrected chi connectivity index (χ2v) is 5.27. The summed E-state index contributed by atoms with van der Waals surface area (Å²) < 4.78 is 39.4. The van der Waals surface area contributed by atoms with Gasteiger partial charge in [-0.15, -0.1) is 0 Å². The molecular weight excluding hydrogens is 273 g/mol. The number of hydrogen-bond acceptors (Lipinski definition) is 4. The van der Waals surface area contributed by atoms with Gasteiger partial charge in [0.25, 0.3) is 0 Å². The van der Waals surface area contributed by atoms with Crippen molar-refractivity contribution >= 4 is 11.6 Å². The number of carbonyl (C=O) groups is 1. The maximum Gasteiger partial charge on any atom is 0.484 e. The summed E-state index contributed by atoms with van der Waals surface area (Å²) in [5, 5.41) is 2.91. The fraction of sp³-hybridized carbons (Fsp3) is 0.500. The summed E-state index contributed by atoms with van der Waals surface area (Å²) in [5.74, 6) is -0.544. The first kappa shape index (κ1) is 13.2. The number of alkyl halides is 3. The van der Waals surface area contributed by atoms with Crippen LogP contribution in [0.3, 0.4) is 0 Å². The molecule has 1 spiro atoms. The van der Waals surface area contributed by atoms with Crippen LogP contribution < -0.4 is 16.0 Å². The number of primary amides is 1. The number of aromatic nitrogens is 1. The van der Waals surface area contributed by atoms with Crippen molar-refractivity contribution in [3.05, 3.63) is 24.0 Å². The maximum absolute atomic E-state index is 13.1. The lowest BCUT2D eigenvalue weighted by Crippen LogP contribution is -2.42. The molecule has 0 aliphatic carbocycles. The highest BCUT2D eigenvalue weighted by Gasteiger charge is 2.54. The van der Waals surface area contributed by atoms with Gasteiger partial charge in [0.1, 0.15) is 0 Å². The topological polar surface area (TPSA) is 71.2 Å². The van der Waals surface area contributed by atoms with E-state index >= 15 is 0 Å². The van der Waals surface area contributed by atoms with E-state index in [0.717, 1.165) is 0 Å². The summed E-state index contributed by atoms with van der Waals surface area (Å²) >= 11 is 0. The van der Waals surface area contributed by atoms with Crippen LogP contribution in [0.15, 0.2) is 18.5 Å². The minimum atomic E-state index is -4.45. The van der Waals surface area contributed by atoms with Crippen LogP contribution in [0.25, 0.3) is 0 Å². The minimum Gasteiger partial charge on any atom is -0.368 e. The van der Waals surface area contributed by atoms with E-state index in [1.807, 2.05) is 0 Å². The fourth-order valence-corrected chi connectivity index (χ4v) is 3.11. The van der Waals surface area contributed by atoms with Crippen LogP contribution in [-0.2, 0) is 10.2 Å². The third-order valence-corrected chi connectivity index (χ3v) is 4.05. The summed E-state index contributed by atoms with van der Waals surface area (Å²) in [5.41, 5.74) is 5.10. The molecule has 0 saturated carbocycles. The highest BCUT2D eigenvalue weighted by atomic mass is 19.4. The van der Waals surface area contributed by atoms with Gasteiger partial charge < -0.3 is 11.1 Å². The first-order valence-corrected chi connectivity index (χ1v) is 6.15. The molecule has 108 valence electrons. The third kappa shape index (κ3) is 1.82. The van der Waals surface area contributed by atoms with Crippen molar-refractivity contribution in [2.75, 3.05) is 18.0 Å². The zero-order valence-corrected chi connectivity index (χ0v) is 10.4. The Morgan fingerprint density at radius 3 is 2.90 bits per heavy atom. The van der Waals surface area contributed by atoms with Crippen molar-refractivity contribution in [3.63, 3.8) is 0 Å². The Morgan fingerprint density at radius 2 is 2.30 bits per heavy atom. The van der Waals surface area contributed by atoms with Gasteiger partial charge in [-0.25, -0.2) is 0 Å². The molecule has 3 heterocycles. The third-order valence-electron chi connectivity index (χ3n) is 4.05. The van der Waals surface area contributed by atoms with E-state index in [0.29, 0.717) is 10.5 Å². The molecule has 2 atom stereocenters. The van der Waals surface area contributed by atoms with Gasteiger partial charge in [0.05, 0.1) is 11.7 Å². The number of nitrogens with zero attached hydrogens (tertiary/aromatic N) is 2. The fourth-order valence-electron chi connectivity index (χ4n) is 3.11. The van der Waals surface area contributed by atoms with Crippen molar-refractivity contribution in [1.82, 2.24) is 10.3 Å². The molecule has 0 aromatic carbocycles. The second kappa shape index (κ2) is 4.08. The van der Waals surface area contributed by atoms with Crippen LogP contribution in [-0.4, -0.2) is 36.3 Å². The molecule has 0 bridgehead atoms. The molecule has 0 radical (unpaired) electrons. The molecule has 2 unspecified atom stereocenters. The van der Waals surface area contributed by atoms with Crippen molar-refractivity contribution in [3.8, 4) is 0 Å². The molecule has 1 amide bonds. The summed E-state index contributed by atoms with van der Waals surface area (Å²) in [4.78, 5) is 15.6. The smallest absolute Gasteiger partial charge is 0.368 e. The molecule has 2 aliphatic rings. The average molecular weight is 286 g/mol. The highest BCUT2D eigenvalue weighted by Crippen LogP contribution is 2.48. The SMILES string of the molecule is NC(=O)C1CC2(CN1)CN(C(F)(F)F)c1ccncc12. The summed E-state index contributed by atoms with van der Waals surface area (Å²) in [6, 6.07) is 0.756. The van der Waals surface area contributed by atoms with Crippen LogP contribution in [0.4, 0.5) is 18.9 Å². The number of amides is 1. The lowest BCUT2D eigenvalue weighted by Gasteiger charge is -2.26. The number of pyridine rings is 1. The predicted octanol–water partition coefficient (Wildman–Crippen LogP) is 0.506. The molecule has 3 rings (SSSR count). The van der Waals surface area contributed by atoms with E-state index in [-0.39, 0.29) is 25.2 Å². The van der Waals surface area contributed by atoms with Gasteiger partial charge in [-0.3, -0.25) is 14.7 Å². The summed E-state index contributed by atoms with van der Waals surface area (Å²) in [7, 11) is 0. The average Bonchev–Trinajstić information content (AvgIpc) is 2.94. The molecule has 20 heavy (non-hydrogen) atoms. The van der Waals surface area contributed by atoms with Gasteiger partial charge in [-0.05, 0) is 12.5 Å². The number of nitrogens with two attached hydrogens (primary N) is 1. The molecular formula is C12H13F3N4O. The van der Waals surface area contributed by atoms with E-state index in [1.54, 1.807) is 0 Å². The van der Waals surface area contributed by atoms with Crippen molar-refractivity contribution < 1.29 is 18.0 Å². The number of rotatable bonds is 1. The van der Waals surface area contributed by atoms with Crippen LogP contribution in [0.5, 0.6) is 0 Å². The monoisotopic (exact) mass is 286 g/mol. The Hall–Kier alpha value is -1.83. The van der Waals surface area contributed by atoms with Gasteiger partial charge in [0.2, 0.25) is 5.91 Å². The maximum atomic E-state index is 13.1. The largest absolute Gasteiger partial charge is 0.484 e. The molecule has 1 saturated heterocycles. The Morgan fingerprint density at radius 1 is 1.55 bits per heavy atom. The zero-order chi connectivity index (χ0) is 14.5. The van der Waals surface area contributed by atoms with Gasteiger partial charge >= 0.3 is 6.30 Å². The van der Waals surface area contributed by atoms with E-state index in [1.165, 1.54) is 18.5 Å². The predicted molar refractivity (Wildman–Crippen MR) is 64.9 cm³/mol. The van der Waals surface area contributed by atoms with Gasteiger partial charge in [-0.2, -0.15) is 13.2 Å². The molecule has 5 nitrogen and oxygen atoms in total. The Bertz CT molecular complexity index is 562. The lowest BCUT2D eigenvalue weighted by atomic mass is 9.81. The quantitative estimate of drug-likeness (QED) is 0.738. The standard InChI is InChI=1S/C12H13F3N4O/c13-12(14,15)19-6-11(3-8(10(16)20)18-5-11)7-4-17-2-1-9(7)19/h1-2,4,8,18H,3,5-6H2,(H2,16,20). The second-order valence-electron chi connectivity index (χ2n) is 5.27. The number of nitrogens with one attached hydrogen (secondary N) is 1. The molecule has 3 N–H and O–H groups in total. The number of hydrogen-bond donors (Lipinski definition) is 2. The van der Waals surface area contributed by atoms with Crippen molar-refractivity contribution in [1.29, 1.82) is 0 Å². The van der Waals surface area contributed by atoms with Crippen LogP contribution in [0.1, 0.15) is 12.0 Å². The van der Waals surface area contributed by atoms with Gasteiger partial charge in [0, 0.05) is 36.5 Å². The van der Waals surface area contributed by atoms with E-state index in [4.69, 9.17) is 5.73 Å². The van der Waals surface area contributed by atoms with E-state index < -0.39 is 23.7 Å². The van der Waals surface area contributed by atoms with E-state index in [2.05, 4.69) is 10.3 Å². The first-order chi connectivity index (χ1) is 9.33. The zero-order valence-electron chi connectivity index (χ0n) is 10.4. The first-order valence-electron chi connectivity index (χ1n) is 6.15. The van der Waals surface area contributed by atoms with Crippen molar-refractivity contribution in [2.45, 2.75) is 24.2 Å². The van der Waals surface area contributed by atoms with Gasteiger partial charge in [0.15, 0.2) is 0 Å². The van der Waals surface area contributed by atoms with E-state index in [9.17, 15) is 18.0 Å². The number of carbonyl (C=O) groups excluding carboxylic acids is 1. The minimum absolute atomic E-state index is 0.111. The van der Waals surface area contributed by atoms with Crippen molar-refractivity contribution in [2.24, 2.45) is 5.73 Å². The van der Waals surface area contributed by atoms with Crippen LogP contribution in [0.2, 0.25) is 0 Å². The normalized spacial score (nSPS) is 28.9.